The molecule has 3 aromatic carbocycles. The Balaban J connectivity index is 1.82. The molecule has 3 aromatic rings. The van der Waals surface area contributed by atoms with Gasteiger partial charge in [-0.25, -0.2) is 0 Å². The fourth-order valence-corrected chi connectivity index (χ4v) is 4.17. The first-order valence-electron chi connectivity index (χ1n) is 9.98. The summed E-state index contributed by atoms with van der Waals surface area (Å²) in [6, 6.07) is 14.8. The van der Waals surface area contributed by atoms with Crippen LogP contribution < -0.4 is 0 Å². The second-order valence-corrected chi connectivity index (χ2v) is 7.58. The van der Waals surface area contributed by atoms with E-state index in [1.807, 2.05) is 18.2 Å². The topological polar surface area (TPSA) is 43.4 Å². The zero-order valence-corrected chi connectivity index (χ0v) is 16.6. The predicted molar refractivity (Wildman–Crippen MR) is 118 cm³/mol. The Morgan fingerprint density at radius 2 is 1.66 bits per heavy atom. The Hall–Kier alpha value is -2.81. The van der Waals surface area contributed by atoms with Crippen LogP contribution >= 0.6 is 0 Å². The minimum absolute atomic E-state index is 0.408. The van der Waals surface area contributed by atoms with Gasteiger partial charge in [0.25, 0.3) is 0 Å². The van der Waals surface area contributed by atoms with Gasteiger partial charge >= 0.3 is 165 Å². The van der Waals surface area contributed by atoms with E-state index in [0.717, 1.165) is 54.8 Å². The Labute approximate surface area is 172 Å². The van der Waals surface area contributed by atoms with E-state index in [1.165, 1.54) is 16.3 Å². The molecular formula is C24H22B2O3. The SMILES string of the molecule is COC1=CCC(Cc2cc3ccc(CB=O)cc3c3cc(CB=O)ccc23)C=C1. The Morgan fingerprint density at radius 1 is 0.931 bits per heavy atom. The maximum atomic E-state index is 11.0. The van der Waals surface area contributed by atoms with Gasteiger partial charge in [0.15, 0.2) is 0 Å². The van der Waals surface area contributed by atoms with Crippen molar-refractivity contribution in [3.8, 4) is 0 Å². The number of allylic oxidation sites excluding steroid dienone is 3. The zero-order valence-electron chi connectivity index (χ0n) is 16.6. The molecule has 1 atom stereocenters. The number of hydrogen-bond donors (Lipinski definition) is 0. The maximum absolute atomic E-state index is 11.0. The molecule has 0 heterocycles. The van der Waals surface area contributed by atoms with Crippen LogP contribution in [0, 0.1) is 5.92 Å². The average Bonchev–Trinajstić information content (AvgIpc) is 2.75. The average molecular weight is 380 g/mol. The summed E-state index contributed by atoms with van der Waals surface area (Å²) in [5.41, 5.74) is 3.32. The van der Waals surface area contributed by atoms with Gasteiger partial charge in [-0.2, -0.15) is 0 Å². The fraction of sp³-hybridized carbons (Fsp3) is 0.250. The summed E-state index contributed by atoms with van der Waals surface area (Å²) >= 11 is 0. The summed E-state index contributed by atoms with van der Waals surface area (Å²) in [4.78, 5) is 0. The van der Waals surface area contributed by atoms with Crippen molar-refractivity contribution >= 4 is 35.8 Å². The Bertz CT molecular complexity index is 1150. The molecule has 0 saturated carbocycles. The van der Waals surface area contributed by atoms with Crippen molar-refractivity contribution in [2.24, 2.45) is 5.92 Å². The van der Waals surface area contributed by atoms with Crippen LogP contribution in [-0.2, 0) is 33.2 Å². The van der Waals surface area contributed by atoms with Crippen molar-refractivity contribution in [2.45, 2.75) is 25.5 Å². The predicted octanol–water partition coefficient (Wildman–Crippen LogP) is 4.74. The number of rotatable bonds is 7. The van der Waals surface area contributed by atoms with Crippen LogP contribution in [0.15, 0.2) is 66.5 Å². The second kappa shape index (κ2) is 8.69. The molecule has 0 fully saturated rings. The van der Waals surface area contributed by atoms with Gasteiger partial charge in [-0.05, 0) is 0 Å². The first-order valence-corrected chi connectivity index (χ1v) is 9.98. The molecule has 142 valence electrons. The molecule has 3 nitrogen and oxygen atoms in total. The first-order chi connectivity index (χ1) is 14.2. The van der Waals surface area contributed by atoms with Gasteiger partial charge < -0.3 is 0 Å². The molecule has 0 bridgehead atoms. The summed E-state index contributed by atoms with van der Waals surface area (Å²) < 4.78 is 27.3. The normalized spacial score (nSPS) is 15.8. The van der Waals surface area contributed by atoms with Crippen LogP contribution in [0.5, 0.6) is 0 Å². The van der Waals surface area contributed by atoms with Crippen LogP contribution in [-0.4, -0.2) is 21.4 Å². The molecule has 29 heavy (non-hydrogen) atoms. The van der Waals surface area contributed by atoms with Crippen LogP contribution in [0.2, 0.25) is 0 Å². The summed E-state index contributed by atoms with van der Waals surface area (Å²) in [6.07, 6.45) is 9.13. The van der Waals surface area contributed by atoms with Gasteiger partial charge in [-0.3, -0.25) is 0 Å². The monoisotopic (exact) mass is 380 g/mol. The van der Waals surface area contributed by atoms with Crippen molar-refractivity contribution in [1.29, 1.82) is 0 Å². The number of methoxy groups -OCH3 is 1. The van der Waals surface area contributed by atoms with Gasteiger partial charge in [0.1, 0.15) is 0 Å². The number of fused-ring (bicyclic) bond motifs is 3. The van der Waals surface area contributed by atoms with Crippen LogP contribution in [0.4, 0.5) is 0 Å². The first kappa shape index (κ1) is 19.5. The van der Waals surface area contributed by atoms with Crippen molar-refractivity contribution in [1.82, 2.24) is 0 Å². The van der Waals surface area contributed by atoms with Gasteiger partial charge in [-0.15, -0.1) is 0 Å². The number of benzene rings is 3. The molecule has 1 aliphatic rings. The third kappa shape index (κ3) is 4.14. The van der Waals surface area contributed by atoms with Crippen LogP contribution in [0.1, 0.15) is 23.1 Å². The van der Waals surface area contributed by atoms with Crippen molar-refractivity contribution in [3.63, 3.8) is 0 Å². The molecule has 1 aliphatic carbocycles. The zero-order chi connectivity index (χ0) is 20.2. The van der Waals surface area contributed by atoms with E-state index >= 15 is 0 Å². The summed E-state index contributed by atoms with van der Waals surface area (Å²) in [6.45, 7) is 0. The molecule has 1 unspecified atom stereocenters. The molecule has 0 radical (unpaired) electrons. The van der Waals surface area contributed by atoms with E-state index in [2.05, 4.69) is 42.5 Å². The molecule has 0 spiro atoms. The van der Waals surface area contributed by atoms with Gasteiger partial charge in [0, 0.05) is 0 Å². The van der Waals surface area contributed by atoms with Crippen molar-refractivity contribution in [3.05, 3.63) is 83.1 Å². The molecule has 0 saturated heterocycles. The molecular weight excluding hydrogens is 358 g/mol. The molecule has 0 N–H and O–H groups in total. The second-order valence-electron chi connectivity index (χ2n) is 7.58. The van der Waals surface area contributed by atoms with E-state index < -0.39 is 0 Å². The van der Waals surface area contributed by atoms with E-state index in [4.69, 9.17) is 4.74 Å². The van der Waals surface area contributed by atoms with E-state index in [9.17, 15) is 9.41 Å². The van der Waals surface area contributed by atoms with Gasteiger partial charge in [0.05, 0.1) is 7.11 Å². The Morgan fingerprint density at radius 3 is 2.31 bits per heavy atom. The number of hydrogen-bond acceptors (Lipinski definition) is 3. The Kier molecular flexibility index (Phi) is 5.84. The van der Waals surface area contributed by atoms with E-state index in [1.54, 1.807) is 7.11 Å². The van der Waals surface area contributed by atoms with Crippen LogP contribution in [0.3, 0.4) is 0 Å². The summed E-state index contributed by atoms with van der Waals surface area (Å²) in [5.74, 6) is 1.35. The van der Waals surface area contributed by atoms with Gasteiger partial charge in [-0.1, -0.05) is 0 Å². The standard InChI is InChI=1S/C24H22B2O3/c1-29-21-7-3-16(4-8-21)10-20-13-19-6-2-17(14-25-27)11-23(19)24-12-18(15-26-28)5-9-22(20)24/h2-3,5-9,11-13,16H,4,10,14-15H2,1H3. The molecule has 0 aliphatic heterocycles. The molecule has 4 rings (SSSR count). The summed E-state index contributed by atoms with van der Waals surface area (Å²) in [5, 5.41) is 4.66. The third-order valence-electron chi connectivity index (χ3n) is 5.68. The van der Waals surface area contributed by atoms with Crippen molar-refractivity contribution in [2.75, 3.05) is 7.11 Å². The van der Waals surface area contributed by atoms with Crippen LogP contribution in [0.25, 0.3) is 21.5 Å². The van der Waals surface area contributed by atoms with E-state index in [0.29, 0.717) is 18.6 Å². The quantitative estimate of drug-likeness (QED) is 0.439. The molecule has 5 heteroatoms. The van der Waals surface area contributed by atoms with Gasteiger partial charge in [0.2, 0.25) is 0 Å². The number of ether oxygens (including phenoxy) is 1. The van der Waals surface area contributed by atoms with Crippen molar-refractivity contribution < 1.29 is 14.1 Å². The summed E-state index contributed by atoms with van der Waals surface area (Å²) in [7, 11) is 3.58. The minimum atomic E-state index is 0.408. The fourth-order valence-electron chi connectivity index (χ4n) is 4.17. The molecule has 0 aromatic heterocycles. The van der Waals surface area contributed by atoms with E-state index in [-0.39, 0.29) is 0 Å². The third-order valence-corrected chi connectivity index (χ3v) is 5.68. The molecule has 0 amide bonds.